The average Bonchev–Trinajstić information content (AvgIpc) is 2.26. The van der Waals surface area contributed by atoms with Crippen LogP contribution in [0.4, 0.5) is 0 Å². The van der Waals surface area contributed by atoms with Crippen LogP contribution in [-0.4, -0.2) is 56.7 Å². The Balaban J connectivity index is 2.26. The third-order valence-electron chi connectivity index (χ3n) is 2.18. The first-order valence-electron chi connectivity index (χ1n) is 4.81. The van der Waals surface area contributed by atoms with Crippen LogP contribution in [0.1, 0.15) is 6.42 Å². The van der Waals surface area contributed by atoms with Crippen molar-refractivity contribution in [2.75, 3.05) is 40.8 Å². The van der Waals surface area contributed by atoms with Gasteiger partial charge in [0.1, 0.15) is 0 Å². The molecule has 1 unspecified atom stereocenters. The fourth-order valence-corrected chi connectivity index (χ4v) is 1.43. The van der Waals surface area contributed by atoms with E-state index in [4.69, 9.17) is 4.74 Å². The molecule has 13 heavy (non-hydrogen) atoms. The van der Waals surface area contributed by atoms with Crippen molar-refractivity contribution in [3.63, 3.8) is 0 Å². The summed E-state index contributed by atoms with van der Waals surface area (Å²) in [6.07, 6.45) is 5.65. The molecule has 0 aromatic rings. The Morgan fingerprint density at radius 2 is 2.31 bits per heavy atom. The fraction of sp³-hybridized carbons (Fsp3) is 0.800. The van der Waals surface area contributed by atoms with Crippen LogP contribution in [0.5, 0.6) is 0 Å². The molecule has 0 saturated heterocycles. The molecule has 1 aliphatic rings. The van der Waals surface area contributed by atoms with Crippen LogP contribution in [0.2, 0.25) is 0 Å². The van der Waals surface area contributed by atoms with E-state index in [1.165, 1.54) is 0 Å². The summed E-state index contributed by atoms with van der Waals surface area (Å²) >= 11 is 0. The molecule has 3 heteroatoms. The Morgan fingerprint density at radius 3 is 3.00 bits per heavy atom. The maximum atomic E-state index is 5.67. The third-order valence-corrected chi connectivity index (χ3v) is 2.18. The van der Waals surface area contributed by atoms with E-state index in [1.807, 2.05) is 0 Å². The molecule has 1 atom stereocenters. The molecule has 1 rings (SSSR count). The van der Waals surface area contributed by atoms with Gasteiger partial charge in [-0.25, -0.2) is 0 Å². The van der Waals surface area contributed by atoms with E-state index < -0.39 is 0 Å². The minimum Gasteiger partial charge on any atom is -0.378 e. The highest BCUT2D eigenvalue weighted by molar-refractivity contribution is 4.85. The first-order chi connectivity index (χ1) is 6.18. The second kappa shape index (κ2) is 5.25. The van der Waals surface area contributed by atoms with Gasteiger partial charge in [-0.15, -0.1) is 0 Å². The molecule has 1 aliphatic heterocycles. The molecule has 1 heterocycles. The summed E-state index contributed by atoms with van der Waals surface area (Å²) in [5, 5.41) is 0. The van der Waals surface area contributed by atoms with Crippen molar-refractivity contribution in [3.8, 4) is 0 Å². The van der Waals surface area contributed by atoms with E-state index in [-0.39, 0.29) is 0 Å². The van der Waals surface area contributed by atoms with Gasteiger partial charge in [0, 0.05) is 20.1 Å². The summed E-state index contributed by atoms with van der Waals surface area (Å²) in [5.74, 6) is 0. The molecule has 0 amide bonds. The predicted molar refractivity (Wildman–Crippen MR) is 54.7 cm³/mol. The summed E-state index contributed by atoms with van der Waals surface area (Å²) in [6.45, 7) is 2.85. The molecule has 0 bridgehead atoms. The van der Waals surface area contributed by atoms with Crippen molar-refractivity contribution in [2.24, 2.45) is 0 Å². The van der Waals surface area contributed by atoms with E-state index >= 15 is 0 Å². The van der Waals surface area contributed by atoms with Gasteiger partial charge in [0.25, 0.3) is 0 Å². The van der Waals surface area contributed by atoms with Crippen molar-refractivity contribution >= 4 is 0 Å². The summed E-state index contributed by atoms with van der Waals surface area (Å²) in [6, 6.07) is 0. The lowest BCUT2D eigenvalue weighted by Crippen LogP contribution is -2.29. The lowest BCUT2D eigenvalue weighted by Gasteiger charge is -2.21. The number of ether oxygens (including phenoxy) is 1. The molecule has 0 fully saturated rings. The van der Waals surface area contributed by atoms with Crippen molar-refractivity contribution in [1.82, 2.24) is 9.80 Å². The van der Waals surface area contributed by atoms with Crippen LogP contribution in [0, 0.1) is 0 Å². The Hall–Kier alpha value is -0.540. The van der Waals surface area contributed by atoms with Crippen LogP contribution in [0.15, 0.2) is 12.3 Å². The molecule has 0 aromatic heterocycles. The Bertz CT molecular complexity index is 168. The summed E-state index contributed by atoms with van der Waals surface area (Å²) in [7, 11) is 6.28. The van der Waals surface area contributed by atoms with Crippen LogP contribution < -0.4 is 0 Å². The van der Waals surface area contributed by atoms with Gasteiger partial charge in [-0.2, -0.15) is 0 Å². The van der Waals surface area contributed by atoms with Crippen molar-refractivity contribution < 1.29 is 4.74 Å². The van der Waals surface area contributed by atoms with Crippen molar-refractivity contribution in [2.45, 2.75) is 12.5 Å². The molecular weight excluding hydrogens is 164 g/mol. The van der Waals surface area contributed by atoms with E-state index in [2.05, 4.69) is 43.2 Å². The number of hydrogen-bond donors (Lipinski definition) is 0. The summed E-state index contributed by atoms with van der Waals surface area (Å²) in [5.41, 5.74) is 0. The second-order valence-corrected chi connectivity index (χ2v) is 3.87. The van der Waals surface area contributed by atoms with Crippen molar-refractivity contribution in [3.05, 3.63) is 12.3 Å². The lowest BCUT2D eigenvalue weighted by molar-refractivity contribution is 0.0545. The van der Waals surface area contributed by atoms with Gasteiger partial charge in [0.2, 0.25) is 0 Å². The van der Waals surface area contributed by atoms with Gasteiger partial charge in [0.15, 0.2) is 0 Å². The minimum absolute atomic E-state index is 0.377. The molecule has 3 nitrogen and oxygen atoms in total. The zero-order valence-corrected chi connectivity index (χ0v) is 8.86. The number of nitrogens with zero attached hydrogens (tertiary/aromatic N) is 2. The predicted octanol–water partition coefficient (Wildman–Crippen LogP) is 0.782. The fourth-order valence-electron chi connectivity index (χ4n) is 1.43. The smallest absolute Gasteiger partial charge is 0.0766 e. The van der Waals surface area contributed by atoms with Gasteiger partial charge in [-0.3, -0.25) is 0 Å². The number of hydrogen-bond acceptors (Lipinski definition) is 3. The third kappa shape index (κ3) is 4.29. The monoisotopic (exact) mass is 184 g/mol. The standard InChI is InChI=1S/C10H20N2O/c1-11(2)7-5-10-9-12(3)6-4-8-13-10/h4,6,10H,5,7-9H2,1-3H3. The molecule has 0 radical (unpaired) electrons. The highest BCUT2D eigenvalue weighted by Crippen LogP contribution is 2.05. The normalized spacial score (nSPS) is 23.7. The van der Waals surface area contributed by atoms with Gasteiger partial charge in [-0.05, 0) is 32.8 Å². The zero-order chi connectivity index (χ0) is 9.68. The first-order valence-corrected chi connectivity index (χ1v) is 4.81. The van der Waals surface area contributed by atoms with E-state index in [0.29, 0.717) is 6.10 Å². The maximum Gasteiger partial charge on any atom is 0.0766 e. The highest BCUT2D eigenvalue weighted by Gasteiger charge is 2.12. The molecule has 0 N–H and O–H groups in total. The van der Waals surface area contributed by atoms with E-state index in [1.54, 1.807) is 0 Å². The van der Waals surface area contributed by atoms with E-state index in [9.17, 15) is 0 Å². The SMILES string of the molecule is CN(C)CCC1CN(C)C=CCO1. The lowest BCUT2D eigenvalue weighted by atomic mass is 10.2. The number of likely N-dealkylation sites (N-methyl/N-ethyl adjacent to an activating group) is 1. The van der Waals surface area contributed by atoms with Gasteiger partial charge in [0.05, 0.1) is 12.7 Å². The largest absolute Gasteiger partial charge is 0.378 e. The Morgan fingerprint density at radius 1 is 1.54 bits per heavy atom. The second-order valence-electron chi connectivity index (χ2n) is 3.87. The first kappa shape index (κ1) is 10.5. The molecule has 76 valence electrons. The molecular formula is C10H20N2O. The number of rotatable bonds is 3. The zero-order valence-electron chi connectivity index (χ0n) is 8.86. The molecule has 0 aromatic carbocycles. The van der Waals surface area contributed by atoms with Crippen LogP contribution in [0.25, 0.3) is 0 Å². The Kier molecular flexibility index (Phi) is 4.25. The average molecular weight is 184 g/mol. The topological polar surface area (TPSA) is 15.7 Å². The van der Waals surface area contributed by atoms with Crippen molar-refractivity contribution in [1.29, 1.82) is 0 Å². The molecule has 0 saturated carbocycles. The van der Waals surface area contributed by atoms with Gasteiger partial charge < -0.3 is 14.5 Å². The Labute approximate surface area is 81.0 Å². The molecule has 0 aliphatic carbocycles. The summed E-state index contributed by atoms with van der Waals surface area (Å²) < 4.78 is 5.67. The minimum atomic E-state index is 0.377. The van der Waals surface area contributed by atoms with Crippen LogP contribution >= 0.6 is 0 Å². The quantitative estimate of drug-likeness (QED) is 0.645. The van der Waals surface area contributed by atoms with Gasteiger partial charge >= 0.3 is 0 Å². The summed E-state index contributed by atoms with van der Waals surface area (Å²) in [4.78, 5) is 4.38. The highest BCUT2D eigenvalue weighted by atomic mass is 16.5. The van der Waals surface area contributed by atoms with Crippen LogP contribution in [-0.2, 0) is 4.74 Å². The molecule has 0 spiro atoms. The maximum absolute atomic E-state index is 5.67. The van der Waals surface area contributed by atoms with Gasteiger partial charge in [-0.1, -0.05) is 0 Å². The van der Waals surface area contributed by atoms with Crippen LogP contribution in [0.3, 0.4) is 0 Å². The van der Waals surface area contributed by atoms with E-state index in [0.717, 1.165) is 26.1 Å².